The van der Waals surface area contributed by atoms with Gasteiger partial charge in [0.2, 0.25) is 5.91 Å². The lowest BCUT2D eigenvalue weighted by atomic mass is 9.97. The van der Waals surface area contributed by atoms with Gasteiger partial charge in [-0.15, -0.1) is 0 Å². The molecule has 1 fully saturated rings. The molecule has 1 saturated heterocycles. The number of quaternary nitrogens is 1. The molecule has 6 nitrogen and oxygen atoms in total. The molecule has 2 amide bonds. The molecule has 0 aromatic heterocycles. The van der Waals surface area contributed by atoms with E-state index in [1.54, 1.807) is 19.2 Å². The van der Waals surface area contributed by atoms with E-state index in [2.05, 4.69) is 24.4 Å². The number of carbonyl (C=O) groups excluding carboxylic acids is 2. The van der Waals surface area contributed by atoms with Crippen LogP contribution in [-0.2, 0) is 11.3 Å². The number of methoxy groups -OCH3 is 1. The summed E-state index contributed by atoms with van der Waals surface area (Å²) in [6, 6.07) is 16.8. The quantitative estimate of drug-likeness (QED) is 0.679. The van der Waals surface area contributed by atoms with Crippen molar-refractivity contribution >= 4 is 11.8 Å². The highest BCUT2D eigenvalue weighted by molar-refractivity contribution is 5.97. The van der Waals surface area contributed by atoms with Crippen LogP contribution >= 0.6 is 0 Å². The van der Waals surface area contributed by atoms with Gasteiger partial charge in [-0.3, -0.25) is 9.59 Å². The molecule has 1 heterocycles. The number of hydrogen-bond donors (Lipinski definition) is 2. The number of hydrogen-bond acceptors (Lipinski definition) is 3. The highest BCUT2D eigenvalue weighted by Gasteiger charge is 2.33. The molecule has 166 valence electrons. The molecule has 0 radical (unpaired) electrons. The van der Waals surface area contributed by atoms with E-state index < -0.39 is 6.04 Å². The SMILES string of the molecule is CC[C@H](C)[C@H](NC(=O)c1ccccc1)C(=O)N1CC[NH+](Cc2ccc(OC)cc2)CC1. The Bertz CT molecular complexity index is 846. The van der Waals surface area contributed by atoms with Crippen molar-refractivity contribution < 1.29 is 19.2 Å². The third-order valence-corrected chi connectivity index (χ3v) is 6.20. The molecule has 2 aromatic carbocycles. The van der Waals surface area contributed by atoms with Crippen LogP contribution in [0, 0.1) is 5.92 Å². The Hall–Kier alpha value is -2.86. The molecule has 0 unspecified atom stereocenters. The largest absolute Gasteiger partial charge is 0.497 e. The summed E-state index contributed by atoms with van der Waals surface area (Å²) in [5, 5.41) is 2.99. The van der Waals surface area contributed by atoms with Gasteiger partial charge < -0.3 is 19.9 Å². The maximum atomic E-state index is 13.3. The average Bonchev–Trinajstić information content (AvgIpc) is 2.83. The Balaban J connectivity index is 1.57. The van der Waals surface area contributed by atoms with Crippen molar-refractivity contribution in [1.29, 1.82) is 0 Å². The van der Waals surface area contributed by atoms with Gasteiger partial charge in [-0.1, -0.05) is 38.5 Å². The first-order chi connectivity index (χ1) is 15.0. The number of piperazine rings is 1. The first-order valence-electron chi connectivity index (χ1n) is 11.1. The molecular formula is C25H34N3O3+. The molecule has 2 atom stereocenters. The van der Waals surface area contributed by atoms with Gasteiger partial charge in [0, 0.05) is 11.1 Å². The zero-order valence-electron chi connectivity index (χ0n) is 18.8. The van der Waals surface area contributed by atoms with Gasteiger partial charge in [0.05, 0.1) is 33.3 Å². The molecule has 0 saturated carbocycles. The van der Waals surface area contributed by atoms with E-state index >= 15 is 0 Å². The van der Waals surface area contributed by atoms with Gasteiger partial charge in [0.15, 0.2) is 0 Å². The lowest BCUT2D eigenvalue weighted by Crippen LogP contribution is -3.13. The average molecular weight is 425 g/mol. The van der Waals surface area contributed by atoms with Crippen molar-refractivity contribution in [1.82, 2.24) is 10.2 Å². The van der Waals surface area contributed by atoms with E-state index in [1.165, 1.54) is 10.5 Å². The molecular weight excluding hydrogens is 390 g/mol. The summed E-state index contributed by atoms with van der Waals surface area (Å²) in [5.74, 6) is 0.776. The van der Waals surface area contributed by atoms with Gasteiger partial charge in [-0.25, -0.2) is 0 Å². The van der Waals surface area contributed by atoms with Crippen molar-refractivity contribution in [2.24, 2.45) is 5.92 Å². The number of nitrogens with zero attached hydrogens (tertiary/aromatic N) is 1. The summed E-state index contributed by atoms with van der Waals surface area (Å²) in [6.45, 7) is 8.23. The van der Waals surface area contributed by atoms with Crippen molar-refractivity contribution in [2.75, 3.05) is 33.3 Å². The maximum Gasteiger partial charge on any atom is 0.251 e. The summed E-state index contributed by atoms with van der Waals surface area (Å²) in [4.78, 5) is 29.3. The molecule has 0 bridgehead atoms. The summed E-state index contributed by atoms with van der Waals surface area (Å²) in [7, 11) is 1.67. The fourth-order valence-electron chi connectivity index (χ4n) is 3.95. The van der Waals surface area contributed by atoms with Gasteiger partial charge in [0.1, 0.15) is 18.3 Å². The standard InChI is InChI=1S/C25H33N3O3/c1-4-19(2)23(26-24(29)21-8-6-5-7-9-21)25(30)28-16-14-27(15-17-28)18-20-10-12-22(31-3)13-11-20/h5-13,19,23H,4,14-18H2,1-3H3,(H,26,29)/p+1/t19-,23-/m0/s1. The number of amides is 2. The zero-order chi connectivity index (χ0) is 22.2. The first kappa shape index (κ1) is 22.8. The van der Waals surface area contributed by atoms with Crippen LogP contribution in [-0.4, -0.2) is 56.0 Å². The number of ether oxygens (including phenoxy) is 1. The second-order valence-corrected chi connectivity index (χ2v) is 8.30. The van der Waals surface area contributed by atoms with Crippen molar-refractivity contribution in [3.8, 4) is 5.75 Å². The van der Waals surface area contributed by atoms with Crippen LogP contribution < -0.4 is 15.0 Å². The molecule has 31 heavy (non-hydrogen) atoms. The molecule has 1 aliphatic rings. The van der Waals surface area contributed by atoms with Crippen LogP contribution in [0.5, 0.6) is 5.75 Å². The Morgan fingerprint density at radius 2 is 1.71 bits per heavy atom. The van der Waals surface area contributed by atoms with E-state index in [0.29, 0.717) is 18.7 Å². The molecule has 2 aromatic rings. The second-order valence-electron chi connectivity index (χ2n) is 8.30. The maximum absolute atomic E-state index is 13.3. The molecule has 2 N–H and O–H groups in total. The van der Waals surface area contributed by atoms with E-state index in [1.807, 2.05) is 42.2 Å². The number of nitrogens with one attached hydrogen (secondary N) is 2. The Kier molecular flexibility index (Phi) is 8.06. The number of rotatable bonds is 8. The van der Waals surface area contributed by atoms with E-state index in [-0.39, 0.29) is 17.7 Å². The van der Waals surface area contributed by atoms with Crippen molar-refractivity contribution in [3.63, 3.8) is 0 Å². The number of benzene rings is 2. The van der Waals surface area contributed by atoms with E-state index in [4.69, 9.17) is 4.74 Å². The molecule has 0 aliphatic carbocycles. The minimum absolute atomic E-state index is 0.0297. The van der Waals surface area contributed by atoms with Gasteiger partial charge >= 0.3 is 0 Å². The van der Waals surface area contributed by atoms with Gasteiger partial charge in [-0.05, 0) is 42.3 Å². The lowest BCUT2D eigenvalue weighted by Gasteiger charge is -2.35. The van der Waals surface area contributed by atoms with Crippen LogP contribution in [0.3, 0.4) is 0 Å². The van der Waals surface area contributed by atoms with Crippen LogP contribution in [0.1, 0.15) is 36.2 Å². The van der Waals surface area contributed by atoms with Crippen LogP contribution in [0.25, 0.3) is 0 Å². The Morgan fingerprint density at radius 1 is 1.06 bits per heavy atom. The monoisotopic (exact) mass is 424 g/mol. The minimum atomic E-state index is -0.499. The highest BCUT2D eigenvalue weighted by Crippen LogP contribution is 2.13. The van der Waals surface area contributed by atoms with Gasteiger partial charge in [0.25, 0.3) is 5.91 Å². The first-order valence-corrected chi connectivity index (χ1v) is 11.1. The van der Waals surface area contributed by atoms with Crippen molar-refractivity contribution in [3.05, 3.63) is 65.7 Å². The highest BCUT2D eigenvalue weighted by atomic mass is 16.5. The third-order valence-electron chi connectivity index (χ3n) is 6.20. The normalized spacial score (nSPS) is 16.4. The summed E-state index contributed by atoms with van der Waals surface area (Å²) < 4.78 is 5.23. The molecule has 3 rings (SSSR count). The minimum Gasteiger partial charge on any atom is -0.497 e. The predicted molar refractivity (Wildman–Crippen MR) is 121 cm³/mol. The summed E-state index contributed by atoms with van der Waals surface area (Å²) in [5.41, 5.74) is 1.85. The van der Waals surface area contributed by atoms with E-state index in [9.17, 15) is 9.59 Å². The topological polar surface area (TPSA) is 63.1 Å². The van der Waals surface area contributed by atoms with Gasteiger partial charge in [-0.2, -0.15) is 0 Å². The zero-order valence-corrected chi connectivity index (χ0v) is 18.8. The molecule has 6 heteroatoms. The summed E-state index contributed by atoms with van der Waals surface area (Å²) in [6.07, 6.45) is 0.828. The Labute approximate surface area is 185 Å². The predicted octanol–water partition coefficient (Wildman–Crippen LogP) is 1.77. The van der Waals surface area contributed by atoms with Crippen LogP contribution in [0.15, 0.2) is 54.6 Å². The molecule has 1 aliphatic heterocycles. The van der Waals surface area contributed by atoms with E-state index in [0.717, 1.165) is 31.8 Å². The van der Waals surface area contributed by atoms with Crippen molar-refractivity contribution in [2.45, 2.75) is 32.9 Å². The Morgan fingerprint density at radius 3 is 2.29 bits per heavy atom. The van der Waals surface area contributed by atoms with Crippen LogP contribution in [0.2, 0.25) is 0 Å². The smallest absolute Gasteiger partial charge is 0.251 e. The van der Waals surface area contributed by atoms with Crippen LogP contribution in [0.4, 0.5) is 0 Å². The second kappa shape index (κ2) is 11.0. The molecule has 0 spiro atoms. The fourth-order valence-corrected chi connectivity index (χ4v) is 3.95. The summed E-state index contributed by atoms with van der Waals surface area (Å²) >= 11 is 0. The fraction of sp³-hybridized carbons (Fsp3) is 0.440. The lowest BCUT2D eigenvalue weighted by molar-refractivity contribution is -0.917. The third kappa shape index (κ3) is 6.07. The number of carbonyl (C=O) groups is 2.